The van der Waals surface area contributed by atoms with Crippen LogP contribution in [0.3, 0.4) is 0 Å². The third-order valence-electron chi connectivity index (χ3n) is 1.40. The zero-order valence-corrected chi connectivity index (χ0v) is 7.18. The van der Waals surface area contributed by atoms with Crippen molar-refractivity contribution in [2.45, 2.75) is 26.7 Å². The number of carbonyl (C=O) groups excluding carboxylic acids is 1. The Morgan fingerprint density at radius 1 is 1.64 bits per heavy atom. The molecule has 0 spiro atoms. The van der Waals surface area contributed by atoms with E-state index in [1.165, 1.54) is 0 Å². The van der Waals surface area contributed by atoms with Crippen molar-refractivity contribution < 1.29 is 4.79 Å². The minimum Gasteiger partial charge on any atom is -0.381 e. The molecule has 1 amide bonds. The summed E-state index contributed by atoms with van der Waals surface area (Å²) in [6.45, 7) is 4.71. The van der Waals surface area contributed by atoms with E-state index in [-0.39, 0.29) is 5.91 Å². The molecule has 0 heterocycles. The molecular weight excluding hydrogens is 140 g/mol. The molecule has 11 heavy (non-hydrogen) atoms. The molecule has 0 unspecified atom stereocenters. The third kappa shape index (κ3) is 4.42. The molecule has 3 heteroatoms. The second kappa shape index (κ2) is 5.77. The van der Waals surface area contributed by atoms with E-state index in [0.717, 1.165) is 19.4 Å². The lowest BCUT2D eigenvalue weighted by molar-refractivity contribution is -0.114. The van der Waals surface area contributed by atoms with Gasteiger partial charge in [-0.25, -0.2) is 0 Å². The Hall–Kier alpha value is -0.990. The standard InChI is InChI=1S/C8H16N2O/c1-3-5-6-10-7(4-2)8(9)11/h4,10H,3,5-6H2,1-2H3,(H2,9,11)/b7-4+. The van der Waals surface area contributed by atoms with Crippen LogP contribution in [0.4, 0.5) is 0 Å². The highest BCUT2D eigenvalue weighted by Gasteiger charge is 1.99. The molecule has 0 bridgehead atoms. The average Bonchev–Trinajstić information content (AvgIpc) is 1.97. The van der Waals surface area contributed by atoms with Crippen LogP contribution in [0.5, 0.6) is 0 Å². The number of carbonyl (C=O) groups is 1. The lowest BCUT2D eigenvalue weighted by Crippen LogP contribution is -2.26. The molecule has 3 nitrogen and oxygen atoms in total. The molecule has 0 aliphatic heterocycles. The summed E-state index contributed by atoms with van der Waals surface area (Å²) in [6, 6.07) is 0. The summed E-state index contributed by atoms with van der Waals surface area (Å²) in [5.74, 6) is -0.386. The summed E-state index contributed by atoms with van der Waals surface area (Å²) in [6.07, 6.45) is 3.87. The van der Waals surface area contributed by atoms with Crippen molar-refractivity contribution in [3.8, 4) is 0 Å². The zero-order chi connectivity index (χ0) is 8.69. The van der Waals surface area contributed by atoms with Gasteiger partial charge < -0.3 is 11.1 Å². The summed E-state index contributed by atoms with van der Waals surface area (Å²) in [5.41, 5.74) is 5.57. The molecule has 0 aliphatic rings. The van der Waals surface area contributed by atoms with Crippen LogP contribution in [0.2, 0.25) is 0 Å². The van der Waals surface area contributed by atoms with E-state index >= 15 is 0 Å². The molecule has 0 aliphatic carbocycles. The molecule has 0 fully saturated rings. The minimum absolute atomic E-state index is 0.386. The van der Waals surface area contributed by atoms with Crippen LogP contribution in [0.1, 0.15) is 26.7 Å². The van der Waals surface area contributed by atoms with Gasteiger partial charge in [0.2, 0.25) is 0 Å². The van der Waals surface area contributed by atoms with Crippen molar-refractivity contribution in [1.29, 1.82) is 0 Å². The molecule has 0 radical (unpaired) electrons. The second-order valence-electron chi connectivity index (χ2n) is 2.35. The van der Waals surface area contributed by atoms with Gasteiger partial charge in [0.05, 0.1) is 5.70 Å². The van der Waals surface area contributed by atoms with Gasteiger partial charge in [0.25, 0.3) is 5.91 Å². The van der Waals surface area contributed by atoms with Crippen LogP contribution < -0.4 is 11.1 Å². The van der Waals surface area contributed by atoms with Crippen molar-refractivity contribution in [2.24, 2.45) is 5.73 Å². The fraction of sp³-hybridized carbons (Fsp3) is 0.625. The Labute approximate surface area is 67.7 Å². The number of nitrogens with one attached hydrogen (secondary N) is 1. The van der Waals surface area contributed by atoms with E-state index < -0.39 is 0 Å². The highest BCUT2D eigenvalue weighted by molar-refractivity contribution is 5.91. The van der Waals surface area contributed by atoms with Crippen molar-refractivity contribution >= 4 is 5.91 Å². The highest BCUT2D eigenvalue weighted by atomic mass is 16.1. The summed E-state index contributed by atoms with van der Waals surface area (Å²) >= 11 is 0. The Morgan fingerprint density at radius 2 is 2.27 bits per heavy atom. The monoisotopic (exact) mass is 156 g/mol. The zero-order valence-electron chi connectivity index (χ0n) is 7.18. The number of primary amides is 1. The normalized spacial score (nSPS) is 11.3. The number of nitrogens with two attached hydrogens (primary N) is 1. The van der Waals surface area contributed by atoms with Gasteiger partial charge in [0.1, 0.15) is 0 Å². The first-order valence-corrected chi connectivity index (χ1v) is 3.92. The third-order valence-corrected chi connectivity index (χ3v) is 1.40. The number of hydrogen-bond donors (Lipinski definition) is 2. The predicted molar refractivity (Wildman–Crippen MR) is 45.9 cm³/mol. The van der Waals surface area contributed by atoms with Gasteiger partial charge in [0, 0.05) is 6.54 Å². The van der Waals surface area contributed by atoms with Crippen molar-refractivity contribution in [2.75, 3.05) is 6.54 Å². The fourth-order valence-corrected chi connectivity index (χ4v) is 0.731. The van der Waals surface area contributed by atoms with E-state index in [1.54, 1.807) is 13.0 Å². The van der Waals surface area contributed by atoms with Gasteiger partial charge in [-0.15, -0.1) is 0 Å². The summed E-state index contributed by atoms with van der Waals surface area (Å²) in [7, 11) is 0. The van der Waals surface area contributed by atoms with Gasteiger partial charge in [-0.1, -0.05) is 19.4 Å². The molecule has 0 saturated heterocycles. The Balaban J connectivity index is 3.63. The molecule has 3 N–H and O–H groups in total. The number of amides is 1. The van der Waals surface area contributed by atoms with Crippen molar-refractivity contribution in [3.05, 3.63) is 11.8 Å². The molecule has 0 aromatic carbocycles. The van der Waals surface area contributed by atoms with Gasteiger partial charge in [0.15, 0.2) is 0 Å². The first kappa shape index (κ1) is 10.0. The SMILES string of the molecule is C/C=C(/NCCCC)C(N)=O. The van der Waals surface area contributed by atoms with Crippen LogP contribution >= 0.6 is 0 Å². The van der Waals surface area contributed by atoms with Crippen LogP contribution in [0.25, 0.3) is 0 Å². The average molecular weight is 156 g/mol. The lowest BCUT2D eigenvalue weighted by Gasteiger charge is -2.04. The minimum atomic E-state index is -0.386. The maximum Gasteiger partial charge on any atom is 0.264 e. The number of allylic oxidation sites excluding steroid dienone is 1. The van der Waals surface area contributed by atoms with E-state index in [9.17, 15) is 4.79 Å². The van der Waals surface area contributed by atoms with E-state index in [1.807, 2.05) is 0 Å². The van der Waals surface area contributed by atoms with E-state index in [2.05, 4.69) is 12.2 Å². The molecule has 0 atom stereocenters. The van der Waals surface area contributed by atoms with Crippen LogP contribution in [-0.2, 0) is 4.79 Å². The van der Waals surface area contributed by atoms with Gasteiger partial charge in [-0.2, -0.15) is 0 Å². The largest absolute Gasteiger partial charge is 0.381 e. The van der Waals surface area contributed by atoms with Gasteiger partial charge >= 0.3 is 0 Å². The number of unbranched alkanes of at least 4 members (excludes halogenated alkanes) is 1. The maximum absolute atomic E-state index is 10.6. The summed E-state index contributed by atoms with van der Waals surface area (Å²) in [5, 5.41) is 2.96. The number of hydrogen-bond acceptors (Lipinski definition) is 2. The smallest absolute Gasteiger partial charge is 0.264 e. The highest BCUT2D eigenvalue weighted by Crippen LogP contribution is 1.89. The predicted octanol–water partition coefficient (Wildman–Crippen LogP) is 0.765. The quantitative estimate of drug-likeness (QED) is 0.456. The van der Waals surface area contributed by atoms with Crippen LogP contribution in [0, 0.1) is 0 Å². The van der Waals surface area contributed by atoms with E-state index in [4.69, 9.17) is 5.73 Å². The van der Waals surface area contributed by atoms with Gasteiger partial charge in [-0.05, 0) is 13.3 Å². The molecule has 0 aromatic heterocycles. The number of rotatable bonds is 5. The first-order chi connectivity index (χ1) is 5.22. The Morgan fingerprint density at radius 3 is 2.64 bits per heavy atom. The molecular formula is C8H16N2O. The Kier molecular flexibility index (Phi) is 5.25. The molecule has 0 aromatic rings. The maximum atomic E-state index is 10.6. The van der Waals surface area contributed by atoms with Crippen LogP contribution in [0.15, 0.2) is 11.8 Å². The molecule has 64 valence electrons. The van der Waals surface area contributed by atoms with Crippen molar-refractivity contribution in [1.82, 2.24) is 5.32 Å². The Bertz CT molecular complexity index is 152. The van der Waals surface area contributed by atoms with Crippen LogP contribution in [-0.4, -0.2) is 12.5 Å². The van der Waals surface area contributed by atoms with Crippen molar-refractivity contribution in [3.63, 3.8) is 0 Å². The first-order valence-electron chi connectivity index (χ1n) is 3.92. The topological polar surface area (TPSA) is 55.1 Å². The lowest BCUT2D eigenvalue weighted by atomic mass is 10.3. The second-order valence-corrected chi connectivity index (χ2v) is 2.35. The molecule has 0 saturated carbocycles. The fourth-order valence-electron chi connectivity index (χ4n) is 0.731. The van der Waals surface area contributed by atoms with E-state index in [0.29, 0.717) is 5.70 Å². The van der Waals surface area contributed by atoms with Gasteiger partial charge in [-0.3, -0.25) is 4.79 Å². The summed E-state index contributed by atoms with van der Waals surface area (Å²) in [4.78, 5) is 10.6. The summed E-state index contributed by atoms with van der Waals surface area (Å²) < 4.78 is 0. The molecule has 0 rings (SSSR count).